The van der Waals surface area contributed by atoms with Crippen molar-refractivity contribution in [2.45, 2.75) is 6.54 Å². The molecule has 4 heteroatoms. The molecule has 0 bridgehead atoms. The third kappa shape index (κ3) is 3.49. The van der Waals surface area contributed by atoms with Crippen molar-refractivity contribution in [1.82, 2.24) is 9.55 Å². The van der Waals surface area contributed by atoms with E-state index < -0.39 is 0 Å². The Bertz CT molecular complexity index is 978. The Hall–Kier alpha value is -3.40. The summed E-state index contributed by atoms with van der Waals surface area (Å²) in [6, 6.07) is 23.7. The molecule has 4 aromatic rings. The number of aromatic nitrogens is 2. The molecule has 4 rings (SSSR count). The number of imidazole rings is 1. The number of nitrogens with one attached hydrogen (secondary N) is 1. The molecule has 0 aliphatic carbocycles. The fraction of sp³-hybridized carbons (Fsp3) is 0.0455. The van der Waals surface area contributed by atoms with Gasteiger partial charge >= 0.3 is 0 Å². The number of hydrogen-bond donors (Lipinski definition) is 1. The number of hydrogen-bond acceptors (Lipinski definition) is 2. The summed E-state index contributed by atoms with van der Waals surface area (Å²) in [5.74, 6) is -0.262. The maximum Gasteiger partial charge on any atom is 0.147 e. The van der Waals surface area contributed by atoms with E-state index in [-0.39, 0.29) is 5.82 Å². The first-order chi connectivity index (χ1) is 12.8. The highest BCUT2D eigenvalue weighted by Gasteiger charge is 2.05. The zero-order valence-corrected chi connectivity index (χ0v) is 14.1. The highest BCUT2D eigenvalue weighted by molar-refractivity contribution is 5.65. The smallest absolute Gasteiger partial charge is 0.147 e. The molecule has 0 saturated heterocycles. The van der Waals surface area contributed by atoms with Crippen LogP contribution < -0.4 is 5.32 Å². The molecule has 0 spiro atoms. The second kappa shape index (κ2) is 7.23. The van der Waals surface area contributed by atoms with Crippen molar-refractivity contribution in [3.05, 3.63) is 103 Å². The molecule has 3 aromatic carbocycles. The average Bonchev–Trinajstić information content (AvgIpc) is 3.22. The van der Waals surface area contributed by atoms with Gasteiger partial charge in [0, 0.05) is 24.6 Å². The van der Waals surface area contributed by atoms with Crippen LogP contribution in [0, 0.1) is 5.82 Å². The van der Waals surface area contributed by atoms with E-state index in [1.807, 2.05) is 36.4 Å². The zero-order valence-electron chi connectivity index (χ0n) is 14.1. The standard InChI is InChI=1S/C22H18FN3/c23-21-14-17(6-11-22(21)26-13-12-24-16-26)15-25-20-9-7-19(8-10-20)18-4-2-1-3-5-18/h1-14,16,25H,15H2. The molecule has 1 aromatic heterocycles. The van der Waals surface area contributed by atoms with Crippen LogP contribution in [0.15, 0.2) is 91.5 Å². The molecule has 0 aliphatic rings. The van der Waals surface area contributed by atoms with Crippen molar-refractivity contribution in [2.75, 3.05) is 5.32 Å². The summed E-state index contributed by atoms with van der Waals surface area (Å²) in [7, 11) is 0. The molecule has 0 saturated carbocycles. The van der Waals surface area contributed by atoms with Gasteiger partial charge in [0.25, 0.3) is 0 Å². The molecular formula is C22H18FN3. The van der Waals surface area contributed by atoms with E-state index >= 15 is 0 Å². The van der Waals surface area contributed by atoms with E-state index in [4.69, 9.17) is 0 Å². The van der Waals surface area contributed by atoms with E-state index in [0.717, 1.165) is 11.3 Å². The summed E-state index contributed by atoms with van der Waals surface area (Å²) in [5.41, 5.74) is 4.75. The van der Waals surface area contributed by atoms with E-state index in [1.54, 1.807) is 35.4 Å². The maximum absolute atomic E-state index is 14.3. The van der Waals surface area contributed by atoms with Gasteiger partial charge in [0.05, 0.1) is 12.0 Å². The van der Waals surface area contributed by atoms with Gasteiger partial charge < -0.3 is 9.88 Å². The quantitative estimate of drug-likeness (QED) is 0.533. The lowest BCUT2D eigenvalue weighted by Crippen LogP contribution is -2.02. The van der Waals surface area contributed by atoms with Crippen LogP contribution in [-0.2, 0) is 6.54 Å². The molecule has 3 nitrogen and oxygen atoms in total. The molecular weight excluding hydrogens is 325 g/mol. The third-order valence-electron chi connectivity index (χ3n) is 4.28. The monoisotopic (exact) mass is 343 g/mol. The molecule has 0 radical (unpaired) electrons. The fourth-order valence-corrected chi connectivity index (χ4v) is 2.89. The summed E-state index contributed by atoms with van der Waals surface area (Å²) in [5, 5.41) is 3.34. The molecule has 1 N–H and O–H groups in total. The fourth-order valence-electron chi connectivity index (χ4n) is 2.89. The first kappa shape index (κ1) is 16.1. The summed E-state index contributed by atoms with van der Waals surface area (Å²) in [4.78, 5) is 3.95. The van der Waals surface area contributed by atoms with Crippen molar-refractivity contribution in [3.8, 4) is 16.8 Å². The number of nitrogens with zero attached hydrogens (tertiary/aromatic N) is 2. The maximum atomic E-state index is 14.3. The van der Waals surface area contributed by atoms with Crippen LogP contribution in [0.25, 0.3) is 16.8 Å². The minimum absolute atomic E-state index is 0.262. The Labute approximate surface area is 151 Å². The first-order valence-electron chi connectivity index (χ1n) is 8.46. The van der Waals surface area contributed by atoms with Gasteiger partial charge in [0.15, 0.2) is 0 Å². The third-order valence-corrected chi connectivity index (χ3v) is 4.28. The van der Waals surface area contributed by atoms with Crippen LogP contribution in [0.4, 0.5) is 10.1 Å². The lowest BCUT2D eigenvalue weighted by Gasteiger charge is -2.10. The first-order valence-corrected chi connectivity index (χ1v) is 8.46. The Kier molecular flexibility index (Phi) is 4.48. The van der Waals surface area contributed by atoms with Gasteiger partial charge in [-0.3, -0.25) is 0 Å². The van der Waals surface area contributed by atoms with Crippen molar-refractivity contribution in [3.63, 3.8) is 0 Å². The van der Waals surface area contributed by atoms with Crippen molar-refractivity contribution in [1.29, 1.82) is 0 Å². The Morgan fingerprint density at radius 2 is 1.65 bits per heavy atom. The molecule has 26 heavy (non-hydrogen) atoms. The average molecular weight is 343 g/mol. The Morgan fingerprint density at radius 1 is 0.885 bits per heavy atom. The van der Waals surface area contributed by atoms with Gasteiger partial charge in [0.2, 0.25) is 0 Å². The predicted octanol–water partition coefficient (Wildman–Crippen LogP) is 5.29. The van der Waals surface area contributed by atoms with Gasteiger partial charge in [-0.15, -0.1) is 0 Å². The second-order valence-corrected chi connectivity index (χ2v) is 6.05. The van der Waals surface area contributed by atoms with Crippen LogP contribution in [-0.4, -0.2) is 9.55 Å². The van der Waals surface area contributed by atoms with Crippen molar-refractivity contribution in [2.24, 2.45) is 0 Å². The summed E-state index contributed by atoms with van der Waals surface area (Å²) < 4.78 is 16.0. The lowest BCUT2D eigenvalue weighted by molar-refractivity contribution is 0.616. The normalized spacial score (nSPS) is 10.7. The van der Waals surface area contributed by atoms with Gasteiger partial charge in [-0.1, -0.05) is 48.5 Å². The highest BCUT2D eigenvalue weighted by atomic mass is 19.1. The summed E-state index contributed by atoms with van der Waals surface area (Å²) in [6.45, 7) is 0.561. The van der Waals surface area contributed by atoms with E-state index in [1.165, 1.54) is 11.1 Å². The molecule has 128 valence electrons. The lowest BCUT2D eigenvalue weighted by atomic mass is 10.1. The SMILES string of the molecule is Fc1cc(CNc2ccc(-c3ccccc3)cc2)ccc1-n1ccnc1. The van der Waals surface area contributed by atoms with Gasteiger partial charge in [-0.2, -0.15) is 0 Å². The van der Waals surface area contributed by atoms with Crippen LogP contribution in [0.5, 0.6) is 0 Å². The molecule has 0 fully saturated rings. The largest absolute Gasteiger partial charge is 0.381 e. The molecule has 1 heterocycles. The zero-order chi connectivity index (χ0) is 17.8. The number of halogens is 1. The minimum atomic E-state index is -0.262. The van der Waals surface area contributed by atoms with Gasteiger partial charge in [-0.05, 0) is 41.0 Å². The minimum Gasteiger partial charge on any atom is -0.381 e. The van der Waals surface area contributed by atoms with E-state index in [9.17, 15) is 4.39 Å². The van der Waals surface area contributed by atoms with Crippen LogP contribution in [0.2, 0.25) is 0 Å². The molecule has 0 atom stereocenters. The van der Waals surface area contributed by atoms with E-state index in [2.05, 4.69) is 34.6 Å². The topological polar surface area (TPSA) is 29.9 Å². The summed E-state index contributed by atoms with van der Waals surface area (Å²) >= 11 is 0. The summed E-state index contributed by atoms with van der Waals surface area (Å²) in [6.07, 6.45) is 4.95. The molecule has 0 amide bonds. The molecule has 0 aliphatic heterocycles. The van der Waals surface area contributed by atoms with E-state index in [0.29, 0.717) is 12.2 Å². The van der Waals surface area contributed by atoms with Gasteiger partial charge in [0.1, 0.15) is 5.82 Å². The second-order valence-electron chi connectivity index (χ2n) is 6.05. The Morgan fingerprint density at radius 3 is 2.35 bits per heavy atom. The van der Waals surface area contributed by atoms with Crippen LogP contribution in [0.3, 0.4) is 0 Å². The highest BCUT2D eigenvalue weighted by Crippen LogP contribution is 2.22. The Balaban J connectivity index is 1.43. The molecule has 0 unspecified atom stereocenters. The van der Waals surface area contributed by atoms with Gasteiger partial charge in [-0.25, -0.2) is 9.37 Å². The number of rotatable bonds is 5. The predicted molar refractivity (Wildman–Crippen MR) is 103 cm³/mol. The van der Waals surface area contributed by atoms with Crippen molar-refractivity contribution < 1.29 is 4.39 Å². The number of benzene rings is 3. The number of anilines is 1. The van der Waals surface area contributed by atoms with Crippen LogP contribution in [0.1, 0.15) is 5.56 Å². The van der Waals surface area contributed by atoms with Crippen LogP contribution >= 0.6 is 0 Å². The van der Waals surface area contributed by atoms with Crippen molar-refractivity contribution >= 4 is 5.69 Å².